The third-order valence-electron chi connectivity index (χ3n) is 5.43. The number of rotatable bonds is 8. The van der Waals surface area contributed by atoms with Crippen molar-refractivity contribution < 1.29 is 22.7 Å². The predicted octanol–water partition coefficient (Wildman–Crippen LogP) is 5.23. The van der Waals surface area contributed by atoms with E-state index in [0.29, 0.717) is 31.4 Å². The van der Waals surface area contributed by atoms with E-state index in [1.54, 1.807) is 6.92 Å². The molecule has 0 unspecified atom stereocenters. The molecule has 7 nitrogen and oxygen atoms in total. The second-order valence-electron chi connectivity index (χ2n) is 7.68. The Bertz CT molecular complexity index is 1310. The summed E-state index contributed by atoms with van der Waals surface area (Å²) in [5.41, 5.74) is 1.71. The quantitative estimate of drug-likeness (QED) is 0.357. The number of aromatic nitrogens is 4. The van der Waals surface area contributed by atoms with Gasteiger partial charge in [-0.05, 0) is 50.6 Å². The van der Waals surface area contributed by atoms with E-state index in [0.717, 1.165) is 29.6 Å². The molecule has 0 aliphatic rings. The Kier molecular flexibility index (Phi) is 6.69. The van der Waals surface area contributed by atoms with Crippen LogP contribution in [0.2, 0.25) is 0 Å². The van der Waals surface area contributed by atoms with Crippen molar-refractivity contribution in [2.45, 2.75) is 33.0 Å². The summed E-state index contributed by atoms with van der Waals surface area (Å²) in [6.07, 6.45) is -2.39. The van der Waals surface area contributed by atoms with Crippen molar-refractivity contribution in [3.8, 4) is 5.69 Å². The minimum atomic E-state index is -4.47. The first kappa shape index (κ1) is 23.5. The maximum atomic E-state index is 13.1. The van der Waals surface area contributed by atoms with Gasteiger partial charge in [-0.3, -0.25) is 10.1 Å². The molecular formula is C24H24F3N5O2. The molecule has 1 amide bonds. The van der Waals surface area contributed by atoms with Crippen LogP contribution >= 0.6 is 0 Å². The fourth-order valence-electron chi connectivity index (χ4n) is 3.74. The smallest absolute Gasteiger partial charge is 0.382 e. The molecule has 10 heteroatoms. The number of hydrogen-bond acceptors (Lipinski definition) is 4. The van der Waals surface area contributed by atoms with Crippen molar-refractivity contribution in [3.05, 3.63) is 71.5 Å². The molecule has 0 aliphatic heterocycles. The number of alkyl halides is 3. The van der Waals surface area contributed by atoms with E-state index < -0.39 is 17.6 Å². The van der Waals surface area contributed by atoms with Gasteiger partial charge in [0.1, 0.15) is 0 Å². The molecule has 0 saturated carbocycles. The van der Waals surface area contributed by atoms with Gasteiger partial charge in [-0.15, -0.1) is 0 Å². The van der Waals surface area contributed by atoms with Gasteiger partial charge in [-0.25, -0.2) is 9.67 Å². The van der Waals surface area contributed by atoms with Gasteiger partial charge in [-0.2, -0.15) is 18.3 Å². The van der Waals surface area contributed by atoms with E-state index in [1.807, 2.05) is 35.8 Å². The van der Waals surface area contributed by atoms with Crippen LogP contribution in [-0.2, 0) is 17.5 Å². The van der Waals surface area contributed by atoms with Gasteiger partial charge in [0, 0.05) is 19.8 Å². The van der Waals surface area contributed by atoms with Crippen molar-refractivity contribution in [2.75, 3.05) is 18.5 Å². The third kappa shape index (κ3) is 4.81. The zero-order valence-corrected chi connectivity index (χ0v) is 18.8. The number of aryl methyl sites for hydroxylation is 1. The number of halogens is 3. The van der Waals surface area contributed by atoms with Crippen LogP contribution < -0.4 is 5.32 Å². The van der Waals surface area contributed by atoms with E-state index in [4.69, 9.17) is 4.74 Å². The summed E-state index contributed by atoms with van der Waals surface area (Å²) in [4.78, 5) is 17.6. The maximum absolute atomic E-state index is 13.1. The number of nitrogens with zero attached hydrogens (tertiary/aromatic N) is 4. The lowest BCUT2D eigenvalue weighted by molar-refractivity contribution is -0.137. The highest BCUT2D eigenvalue weighted by atomic mass is 19.4. The number of hydrogen-bond donors (Lipinski definition) is 1. The van der Waals surface area contributed by atoms with Gasteiger partial charge in [0.25, 0.3) is 5.91 Å². The lowest BCUT2D eigenvalue weighted by Gasteiger charge is -2.11. The monoisotopic (exact) mass is 471 g/mol. The van der Waals surface area contributed by atoms with Gasteiger partial charge in [0.05, 0.1) is 39.7 Å². The van der Waals surface area contributed by atoms with E-state index in [-0.39, 0.29) is 11.3 Å². The van der Waals surface area contributed by atoms with Crippen LogP contribution in [0.4, 0.5) is 19.1 Å². The van der Waals surface area contributed by atoms with Crippen LogP contribution in [0.5, 0.6) is 0 Å². The van der Waals surface area contributed by atoms with Crippen LogP contribution in [-0.4, -0.2) is 38.5 Å². The Morgan fingerprint density at radius 3 is 2.71 bits per heavy atom. The highest BCUT2D eigenvalue weighted by Gasteiger charge is 2.31. The SMILES string of the molecule is CCOCCCn1c(NC(=O)c2cnn(-c3cccc(C(F)(F)F)c3)c2C)nc2ccccc21. The molecule has 0 bridgehead atoms. The average molecular weight is 471 g/mol. The molecule has 178 valence electrons. The van der Waals surface area contributed by atoms with Crippen LogP contribution in [0.3, 0.4) is 0 Å². The number of carbonyl (C=O) groups excluding carboxylic acids is 1. The number of carbonyl (C=O) groups is 1. The van der Waals surface area contributed by atoms with E-state index in [9.17, 15) is 18.0 Å². The Hall–Kier alpha value is -3.66. The minimum absolute atomic E-state index is 0.217. The first-order valence-electron chi connectivity index (χ1n) is 10.9. The molecule has 2 heterocycles. The fraction of sp³-hybridized carbons (Fsp3) is 0.292. The Morgan fingerprint density at radius 1 is 1.15 bits per heavy atom. The van der Waals surface area contributed by atoms with Crippen LogP contribution in [0.25, 0.3) is 16.7 Å². The largest absolute Gasteiger partial charge is 0.416 e. The number of nitrogens with one attached hydrogen (secondary N) is 1. The van der Waals surface area contributed by atoms with Crippen molar-refractivity contribution in [1.29, 1.82) is 0 Å². The summed E-state index contributed by atoms with van der Waals surface area (Å²) in [5, 5.41) is 6.99. The summed E-state index contributed by atoms with van der Waals surface area (Å²) < 4.78 is 48.0. The summed E-state index contributed by atoms with van der Waals surface area (Å²) >= 11 is 0. The molecule has 0 spiro atoms. The molecule has 0 saturated heterocycles. The van der Waals surface area contributed by atoms with Crippen molar-refractivity contribution in [3.63, 3.8) is 0 Å². The molecular weight excluding hydrogens is 447 g/mol. The molecule has 0 aliphatic carbocycles. The number of imidazole rings is 1. The molecule has 34 heavy (non-hydrogen) atoms. The Labute approximate surface area is 194 Å². The van der Waals surface area contributed by atoms with Crippen LogP contribution in [0.15, 0.2) is 54.7 Å². The molecule has 2 aromatic carbocycles. The van der Waals surface area contributed by atoms with Gasteiger partial charge >= 0.3 is 6.18 Å². The van der Waals surface area contributed by atoms with Crippen LogP contribution in [0, 0.1) is 6.92 Å². The minimum Gasteiger partial charge on any atom is -0.382 e. The standard InChI is InChI=1S/C24H24F3N5O2/c1-3-34-13-7-12-31-21-11-5-4-10-20(21)29-23(31)30-22(33)19-15-28-32(16(19)2)18-9-6-8-17(14-18)24(25,26)27/h4-6,8-11,14-15H,3,7,12-13H2,1-2H3,(H,29,30,33). The van der Waals surface area contributed by atoms with Crippen molar-refractivity contribution in [1.82, 2.24) is 19.3 Å². The number of benzene rings is 2. The zero-order valence-electron chi connectivity index (χ0n) is 18.8. The summed E-state index contributed by atoms with van der Waals surface area (Å²) in [6, 6.07) is 12.4. The van der Waals surface area contributed by atoms with Crippen molar-refractivity contribution >= 4 is 22.9 Å². The van der Waals surface area contributed by atoms with Gasteiger partial charge in [0.2, 0.25) is 5.95 Å². The first-order valence-corrected chi connectivity index (χ1v) is 10.9. The number of amides is 1. The van der Waals surface area contributed by atoms with E-state index >= 15 is 0 Å². The third-order valence-corrected chi connectivity index (χ3v) is 5.43. The maximum Gasteiger partial charge on any atom is 0.416 e. The van der Waals surface area contributed by atoms with E-state index in [1.165, 1.54) is 23.0 Å². The lowest BCUT2D eigenvalue weighted by Crippen LogP contribution is -2.17. The second-order valence-corrected chi connectivity index (χ2v) is 7.68. The summed E-state index contributed by atoms with van der Waals surface area (Å²) in [6.45, 7) is 5.37. The number of para-hydroxylation sites is 2. The van der Waals surface area contributed by atoms with Gasteiger partial charge in [-0.1, -0.05) is 18.2 Å². The molecule has 0 radical (unpaired) electrons. The number of fused-ring (bicyclic) bond motifs is 1. The molecule has 0 atom stereocenters. The highest BCUT2D eigenvalue weighted by Crippen LogP contribution is 2.30. The predicted molar refractivity (Wildman–Crippen MR) is 122 cm³/mol. The summed E-state index contributed by atoms with van der Waals surface area (Å²) in [7, 11) is 0. The Morgan fingerprint density at radius 2 is 1.94 bits per heavy atom. The van der Waals surface area contributed by atoms with E-state index in [2.05, 4.69) is 15.4 Å². The number of ether oxygens (including phenoxy) is 1. The molecule has 2 aromatic heterocycles. The fourth-order valence-corrected chi connectivity index (χ4v) is 3.74. The summed E-state index contributed by atoms with van der Waals surface area (Å²) in [5.74, 6) is -0.0639. The van der Waals surface area contributed by atoms with Crippen LogP contribution in [0.1, 0.15) is 35.0 Å². The molecule has 0 fully saturated rings. The Balaban J connectivity index is 1.60. The normalized spacial score (nSPS) is 11.8. The van der Waals surface area contributed by atoms with Gasteiger partial charge in [0.15, 0.2) is 0 Å². The second kappa shape index (κ2) is 9.68. The molecule has 1 N–H and O–H groups in total. The van der Waals surface area contributed by atoms with Crippen molar-refractivity contribution in [2.24, 2.45) is 0 Å². The lowest BCUT2D eigenvalue weighted by atomic mass is 10.2. The van der Waals surface area contributed by atoms with Gasteiger partial charge < -0.3 is 9.30 Å². The first-order chi connectivity index (χ1) is 16.3. The topological polar surface area (TPSA) is 74.0 Å². The molecule has 4 aromatic rings. The highest BCUT2D eigenvalue weighted by molar-refractivity contribution is 6.04. The average Bonchev–Trinajstić information content (AvgIpc) is 3.36. The number of anilines is 1. The zero-order chi connectivity index (χ0) is 24.3. The molecule has 4 rings (SSSR count).